The lowest BCUT2D eigenvalue weighted by Crippen LogP contribution is -2.29. The number of Topliss-reactive ketones (excluding diaryl/α,β-unsaturated/α-hetero) is 1. The van der Waals surface area contributed by atoms with E-state index in [1.165, 1.54) is 24.1 Å². The van der Waals surface area contributed by atoms with Gasteiger partial charge in [0.2, 0.25) is 0 Å². The molecule has 1 saturated heterocycles. The summed E-state index contributed by atoms with van der Waals surface area (Å²) >= 11 is 0. The highest BCUT2D eigenvalue weighted by Crippen LogP contribution is 2.43. The summed E-state index contributed by atoms with van der Waals surface area (Å²) in [7, 11) is 1.39. The quantitative estimate of drug-likeness (QED) is 0.212. The number of methoxy groups -OCH3 is 1. The van der Waals surface area contributed by atoms with Crippen LogP contribution in [-0.2, 0) is 9.59 Å². The van der Waals surface area contributed by atoms with Crippen molar-refractivity contribution in [1.29, 1.82) is 0 Å². The first kappa shape index (κ1) is 26.9. The van der Waals surface area contributed by atoms with Crippen LogP contribution in [0.1, 0.15) is 56.3 Å². The molecule has 3 aromatic carbocycles. The number of ketones is 1. The second kappa shape index (κ2) is 11.1. The maximum Gasteiger partial charge on any atom is 0.300 e. The van der Waals surface area contributed by atoms with Crippen LogP contribution in [0.15, 0.2) is 72.3 Å². The molecular weight excluding hydrogens is 483 g/mol. The molecule has 0 saturated carbocycles. The van der Waals surface area contributed by atoms with Crippen molar-refractivity contribution in [3.63, 3.8) is 0 Å². The maximum absolute atomic E-state index is 14.2. The number of benzene rings is 3. The molecule has 4 rings (SSSR count). The fraction of sp³-hybridized carbons (Fsp3) is 0.290. The molecule has 0 radical (unpaired) electrons. The molecule has 198 valence electrons. The Labute approximate surface area is 223 Å². The van der Waals surface area contributed by atoms with Gasteiger partial charge < -0.3 is 14.7 Å². The molecule has 1 unspecified atom stereocenters. The Morgan fingerprint density at radius 3 is 2.18 bits per heavy atom. The van der Waals surface area contributed by atoms with Crippen LogP contribution in [0.25, 0.3) is 5.76 Å². The smallest absolute Gasteiger partial charge is 0.300 e. The highest BCUT2D eigenvalue weighted by atomic mass is 19.1. The van der Waals surface area contributed by atoms with Gasteiger partial charge in [0.15, 0.2) is 0 Å². The Kier molecular flexibility index (Phi) is 7.86. The summed E-state index contributed by atoms with van der Waals surface area (Å²) in [6.45, 7) is 9.95. The Balaban J connectivity index is 1.92. The third-order valence-corrected chi connectivity index (χ3v) is 7.04. The minimum atomic E-state index is -0.918. The number of hydrogen-bond acceptors (Lipinski definition) is 5. The van der Waals surface area contributed by atoms with Crippen molar-refractivity contribution in [2.45, 2.75) is 39.7 Å². The van der Waals surface area contributed by atoms with Gasteiger partial charge >= 0.3 is 0 Å². The lowest BCUT2D eigenvalue weighted by atomic mass is 9.94. The van der Waals surface area contributed by atoms with Crippen LogP contribution in [-0.4, -0.2) is 37.0 Å². The molecule has 0 aliphatic carbocycles. The standard InChI is InChI=1S/C31H33FN2O4/c1-6-33(7-2)23-13-10-21(11-14-23)28-27(29(35)25-18-22(32)12-17-26(25)38-5)30(36)31(37)34(28)24-15-8-20(9-16-24)19(3)4/h8-19,28,35H,6-7H2,1-5H3/b29-27+. The van der Waals surface area contributed by atoms with Crippen molar-refractivity contribution >= 4 is 28.8 Å². The monoisotopic (exact) mass is 516 g/mol. The number of ether oxygens (including phenoxy) is 1. The predicted molar refractivity (Wildman–Crippen MR) is 148 cm³/mol. The third kappa shape index (κ3) is 4.88. The van der Waals surface area contributed by atoms with E-state index in [1.54, 1.807) is 12.1 Å². The van der Waals surface area contributed by atoms with E-state index >= 15 is 0 Å². The number of aliphatic hydroxyl groups is 1. The van der Waals surface area contributed by atoms with Crippen molar-refractivity contribution in [3.05, 3.63) is 94.8 Å². The molecule has 38 heavy (non-hydrogen) atoms. The summed E-state index contributed by atoms with van der Waals surface area (Å²) in [4.78, 5) is 30.5. The van der Waals surface area contributed by atoms with Crippen molar-refractivity contribution < 1.29 is 23.8 Å². The van der Waals surface area contributed by atoms with Crippen molar-refractivity contribution in [2.75, 3.05) is 30.0 Å². The number of nitrogens with zero attached hydrogens (tertiary/aromatic N) is 2. The molecule has 1 aliphatic heterocycles. The number of halogens is 1. The number of carbonyl (C=O) groups excluding carboxylic acids is 2. The van der Waals surface area contributed by atoms with Gasteiger partial charge in [0.1, 0.15) is 17.3 Å². The molecule has 0 bridgehead atoms. The molecule has 1 amide bonds. The van der Waals surface area contributed by atoms with Gasteiger partial charge in [-0.15, -0.1) is 0 Å². The number of aliphatic hydroxyl groups excluding tert-OH is 1. The number of hydrogen-bond donors (Lipinski definition) is 1. The van der Waals surface area contributed by atoms with Crippen LogP contribution >= 0.6 is 0 Å². The molecule has 1 aliphatic rings. The second-order valence-electron chi connectivity index (χ2n) is 9.52. The van der Waals surface area contributed by atoms with E-state index in [9.17, 15) is 19.1 Å². The molecule has 0 aromatic heterocycles. The van der Waals surface area contributed by atoms with Crippen LogP contribution in [0.2, 0.25) is 0 Å². The number of carbonyl (C=O) groups is 2. The van der Waals surface area contributed by atoms with Crippen molar-refractivity contribution in [2.24, 2.45) is 0 Å². The Morgan fingerprint density at radius 2 is 1.63 bits per heavy atom. The maximum atomic E-state index is 14.2. The Hall–Kier alpha value is -4.13. The number of amides is 1. The molecule has 7 heteroatoms. The second-order valence-corrected chi connectivity index (χ2v) is 9.52. The SMILES string of the molecule is CCN(CC)c1ccc(C2/C(=C(\O)c3cc(F)ccc3OC)C(=O)C(=O)N2c2ccc(C(C)C)cc2)cc1. The summed E-state index contributed by atoms with van der Waals surface area (Å²) in [5.41, 5.74) is 3.15. The fourth-order valence-electron chi connectivity index (χ4n) is 4.90. The molecule has 1 N–H and O–H groups in total. The molecule has 3 aromatic rings. The fourth-order valence-corrected chi connectivity index (χ4v) is 4.90. The first-order valence-corrected chi connectivity index (χ1v) is 12.8. The topological polar surface area (TPSA) is 70.1 Å². The van der Waals surface area contributed by atoms with Gasteiger partial charge in [0.05, 0.1) is 24.3 Å². The van der Waals surface area contributed by atoms with Crippen LogP contribution in [0, 0.1) is 5.82 Å². The largest absolute Gasteiger partial charge is 0.507 e. The summed E-state index contributed by atoms with van der Waals surface area (Å²) in [6, 6.07) is 17.8. The summed E-state index contributed by atoms with van der Waals surface area (Å²) in [6.07, 6.45) is 0. The van der Waals surface area contributed by atoms with Gasteiger partial charge in [-0.25, -0.2) is 4.39 Å². The number of anilines is 2. The van der Waals surface area contributed by atoms with E-state index in [0.29, 0.717) is 17.2 Å². The number of rotatable bonds is 8. The third-order valence-electron chi connectivity index (χ3n) is 7.04. The Bertz CT molecular complexity index is 1360. The van der Waals surface area contributed by atoms with Gasteiger partial charge in [-0.1, -0.05) is 38.1 Å². The summed E-state index contributed by atoms with van der Waals surface area (Å²) < 4.78 is 19.5. The van der Waals surface area contributed by atoms with Gasteiger partial charge in [-0.3, -0.25) is 14.5 Å². The van der Waals surface area contributed by atoms with Crippen LogP contribution in [0.4, 0.5) is 15.8 Å². The van der Waals surface area contributed by atoms with E-state index in [2.05, 4.69) is 32.6 Å². The molecule has 1 atom stereocenters. The van der Waals surface area contributed by atoms with E-state index in [1.807, 2.05) is 36.4 Å². The molecular formula is C31H33FN2O4. The van der Waals surface area contributed by atoms with Crippen LogP contribution < -0.4 is 14.5 Å². The van der Waals surface area contributed by atoms with Gasteiger partial charge in [-0.05, 0) is 73.4 Å². The van der Waals surface area contributed by atoms with Crippen molar-refractivity contribution in [3.8, 4) is 5.75 Å². The average Bonchev–Trinajstić information content (AvgIpc) is 3.19. The molecule has 0 spiro atoms. The highest BCUT2D eigenvalue weighted by Gasteiger charge is 2.47. The van der Waals surface area contributed by atoms with E-state index < -0.39 is 29.3 Å². The molecule has 1 fully saturated rings. The highest BCUT2D eigenvalue weighted by molar-refractivity contribution is 6.51. The molecule has 1 heterocycles. The van der Waals surface area contributed by atoms with Crippen LogP contribution in [0.5, 0.6) is 5.75 Å². The van der Waals surface area contributed by atoms with E-state index in [0.717, 1.165) is 30.4 Å². The summed E-state index contributed by atoms with van der Waals surface area (Å²) in [5, 5.41) is 11.4. The minimum Gasteiger partial charge on any atom is -0.507 e. The normalized spacial score (nSPS) is 16.8. The zero-order chi connectivity index (χ0) is 27.6. The zero-order valence-corrected chi connectivity index (χ0v) is 22.4. The van der Waals surface area contributed by atoms with Gasteiger partial charge in [0.25, 0.3) is 11.7 Å². The van der Waals surface area contributed by atoms with E-state index in [4.69, 9.17) is 4.74 Å². The predicted octanol–water partition coefficient (Wildman–Crippen LogP) is 6.43. The minimum absolute atomic E-state index is 0.00502. The first-order chi connectivity index (χ1) is 18.2. The zero-order valence-electron chi connectivity index (χ0n) is 22.4. The van der Waals surface area contributed by atoms with E-state index in [-0.39, 0.29) is 16.9 Å². The Morgan fingerprint density at radius 1 is 1.00 bits per heavy atom. The molecule has 6 nitrogen and oxygen atoms in total. The van der Waals surface area contributed by atoms with Gasteiger partial charge in [0, 0.05) is 24.5 Å². The van der Waals surface area contributed by atoms with Crippen LogP contribution in [0.3, 0.4) is 0 Å². The lowest BCUT2D eigenvalue weighted by molar-refractivity contribution is -0.132. The van der Waals surface area contributed by atoms with Gasteiger partial charge in [-0.2, -0.15) is 0 Å². The summed E-state index contributed by atoms with van der Waals surface area (Å²) in [5.74, 6) is -2.23. The average molecular weight is 517 g/mol. The first-order valence-electron chi connectivity index (χ1n) is 12.8. The van der Waals surface area contributed by atoms with Crippen molar-refractivity contribution in [1.82, 2.24) is 0 Å². The lowest BCUT2D eigenvalue weighted by Gasteiger charge is -2.27.